The molecule has 2 aliphatic rings. The predicted octanol–water partition coefficient (Wildman–Crippen LogP) is -1.26. The molecule has 156 valence electrons. The minimum Gasteiger partial charge on any atom is -0.378 e. The summed E-state index contributed by atoms with van der Waals surface area (Å²) in [6.07, 6.45) is 0. The van der Waals surface area contributed by atoms with Crippen molar-refractivity contribution in [2.24, 2.45) is 0 Å². The lowest BCUT2D eigenvalue weighted by Gasteiger charge is -2.28. The number of ether oxygens (including phenoxy) is 1. The van der Waals surface area contributed by atoms with Crippen LogP contribution in [0.25, 0.3) is 0 Å². The first-order valence-electron chi connectivity index (χ1n) is 9.62. The smallest absolute Gasteiger partial charge is 0.338 e. The molecule has 10 heteroatoms. The molecule has 1 atom stereocenters. The molecule has 0 saturated carbocycles. The Morgan fingerprint density at radius 3 is 2.28 bits per heavy atom. The van der Waals surface area contributed by atoms with Gasteiger partial charge in [0.25, 0.3) is 5.91 Å². The van der Waals surface area contributed by atoms with Crippen LogP contribution in [0.3, 0.4) is 0 Å². The number of hydrogen-bond acceptors (Lipinski definition) is 6. The Bertz CT molecular complexity index is 791. The predicted molar refractivity (Wildman–Crippen MR) is 104 cm³/mol. The number of carbonyl (C=O) groups is 4. The van der Waals surface area contributed by atoms with Gasteiger partial charge in [-0.1, -0.05) is 0 Å². The lowest BCUT2D eigenvalue weighted by molar-refractivity contribution is -0.878. The third-order valence-corrected chi connectivity index (χ3v) is 4.87. The highest BCUT2D eigenvalue weighted by Gasteiger charge is 2.45. The summed E-state index contributed by atoms with van der Waals surface area (Å²) in [7, 11) is 1.68. The molecule has 0 spiro atoms. The monoisotopic (exact) mass is 404 g/mol. The summed E-state index contributed by atoms with van der Waals surface area (Å²) in [6, 6.07) is 6.93. The number of imide groups is 2. The van der Waals surface area contributed by atoms with E-state index >= 15 is 0 Å². The lowest BCUT2D eigenvalue weighted by Crippen LogP contribution is -3.11. The van der Waals surface area contributed by atoms with Crippen molar-refractivity contribution in [2.75, 3.05) is 63.3 Å². The summed E-state index contributed by atoms with van der Waals surface area (Å²) in [5.74, 6) is -1.93. The molecule has 0 bridgehead atoms. The molecule has 2 aliphatic heterocycles. The van der Waals surface area contributed by atoms with E-state index in [1.807, 2.05) is 24.3 Å². The Morgan fingerprint density at radius 1 is 1.07 bits per heavy atom. The zero-order valence-corrected chi connectivity index (χ0v) is 16.6. The Kier molecular flexibility index (Phi) is 6.45. The Labute approximate surface area is 169 Å². The van der Waals surface area contributed by atoms with Crippen LogP contribution in [0.1, 0.15) is 6.92 Å². The lowest BCUT2D eigenvalue weighted by atomic mass is 10.2. The minimum atomic E-state index is -0.852. The third-order valence-electron chi connectivity index (χ3n) is 4.87. The molecule has 5 amide bonds. The summed E-state index contributed by atoms with van der Waals surface area (Å²) in [6.45, 7) is 4.85. The summed E-state index contributed by atoms with van der Waals surface area (Å²) in [5, 5.41) is 2.81. The van der Waals surface area contributed by atoms with E-state index in [0.717, 1.165) is 28.6 Å². The Balaban J connectivity index is 1.50. The molecule has 2 N–H and O–H groups in total. The van der Waals surface area contributed by atoms with Gasteiger partial charge in [-0.05, 0) is 31.2 Å². The quantitative estimate of drug-likeness (QED) is 0.435. The van der Waals surface area contributed by atoms with Gasteiger partial charge in [0, 0.05) is 31.0 Å². The van der Waals surface area contributed by atoms with Gasteiger partial charge in [0.15, 0.2) is 13.2 Å². The van der Waals surface area contributed by atoms with Gasteiger partial charge < -0.3 is 19.9 Å². The van der Waals surface area contributed by atoms with Gasteiger partial charge in [-0.3, -0.25) is 19.3 Å². The maximum atomic E-state index is 12.3. The molecule has 1 unspecified atom stereocenters. The van der Waals surface area contributed by atoms with Crippen LogP contribution in [0, 0.1) is 0 Å². The van der Waals surface area contributed by atoms with E-state index in [9.17, 15) is 19.2 Å². The van der Waals surface area contributed by atoms with E-state index in [1.165, 1.54) is 0 Å². The van der Waals surface area contributed by atoms with Crippen LogP contribution < -0.4 is 15.1 Å². The van der Waals surface area contributed by atoms with Crippen LogP contribution in [-0.4, -0.2) is 86.7 Å². The standard InChI is InChI=1S/C19H25N5O5/c1-3-23-17(26)18(27)24(19(23)28)13-21(2)12-16(25)20-14-4-6-15(7-5-14)22-8-10-29-11-9-22/h4-7H,3,8-13H2,1-2H3,(H,20,25)/p+1. The van der Waals surface area contributed by atoms with Gasteiger partial charge in [0.05, 0.1) is 20.3 Å². The number of nitrogens with zero attached hydrogens (tertiary/aromatic N) is 3. The van der Waals surface area contributed by atoms with E-state index in [0.29, 0.717) is 23.8 Å². The van der Waals surface area contributed by atoms with E-state index in [2.05, 4.69) is 10.2 Å². The fraction of sp³-hybridized carbons (Fsp3) is 0.474. The van der Waals surface area contributed by atoms with Crippen molar-refractivity contribution in [2.45, 2.75) is 6.92 Å². The van der Waals surface area contributed by atoms with Crippen molar-refractivity contribution in [3.8, 4) is 0 Å². The molecule has 2 saturated heterocycles. The van der Waals surface area contributed by atoms with Gasteiger partial charge in [-0.15, -0.1) is 0 Å². The third kappa shape index (κ3) is 4.72. The normalized spacial score (nSPS) is 18.4. The summed E-state index contributed by atoms with van der Waals surface area (Å²) in [4.78, 5) is 52.7. The number of likely N-dealkylation sites (N-methyl/N-ethyl adjacent to an activating group) is 2. The van der Waals surface area contributed by atoms with Gasteiger partial charge in [-0.2, -0.15) is 0 Å². The molecular formula is C19H26N5O5+. The Morgan fingerprint density at radius 2 is 1.69 bits per heavy atom. The molecule has 29 heavy (non-hydrogen) atoms. The molecule has 0 aromatic heterocycles. The highest BCUT2D eigenvalue weighted by Crippen LogP contribution is 2.18. The number of urea groups is 1. The van der Waals surface area contributed by atoms with Crippen LogP contribution in [0.4, 0.5) is 16.2 Å². The summed E-state index contributed by atoms with van der Waals surface area (Å²) < 4.78 is 5.35. The van der Waals surface area contributed by atoms with Gasteiger partial charge in [-0.25, -0.2) is 9.69 Å². The Hall–Kier alpha value is -2.98. The van der Waals surface area contributed by atoms with Crippen molar-refractivity contribution < 1.29 is 28.8 Å². The van der Waals surface area contributed by atoms with Crippen LogP contribution in [-0.2, 0) is 19.1 Å². The molecule has 2 heterocycles. The average molecular weight is 404 g/mol. The number of anilines is 2. The van der Waals surface area contributed by atoms with Gasteiger partial charge in [0.1, 0.15) is 0 Å². The van der Waals surface area contributed by atoms with Crippen molar-refractivity contribution in [1.29, 1.82) is 0 Å². The van der Waals surface area contributed by atoms with Crippen LogP contribution in [0.5, 0.6) is 0 Å². The topological polar surface area (TPSA) is 104 Å². The average Bonchev–Trinajstić information content (AvgIpc) is 2.92. The SMILES string of the molecule is CCN1C(=O)C(=O)N(C[NH+](C)CC(=O)Nc2ccc(N3CCOCC3)cc2)C1=O. The van der Waals surface area contributed by atoms with Crippen molar-refractivity contribution >= 4 is 35.1 Å². The van der Waals surface area contributed by atoms with Crippen LogP contribution >= 0.6 is 0 Å². The highest BCUT2D eigenvalue weighted by molar-refractivity contribution is 6.44. The summed E-state index contributed by atoms with van der Waals surface area (Å²) in [5.41, 5.74) is 1.74. The van der Waals surface area contributed by atoms with Gasteiger partial charge >= 0.3 is 17.8 Å². The zero-order valence-electron chi connectivity index (χ0n) is 16.6. The molecule has 0 aliphatic carbocycles. The van der Waals surface area contributed by atoms with E-state index in [4.69, 9.17) is 4.74 Å². The maximum Gasteiger partial charge on any atom is 0.338 e. The molecule has 1 aromatic rings. The van der Waals surface area contributed by atoms with Crippen LogP contribution in [0.15, 0.2) is 24.3 Å². The second-order valence-corrected chi connectivity index (χ2v) is 7.05. The van der Waals surface area contributed by atoms with Crippen LogP contribution in [0.2, 0.25) is 0 Å². The first kappa shape index (κ1) is 20.7. The highest BCUT2D eigenvalue weighted by atomic mass is 16.5. The van der Waals surface area contributed by atoms with E-state index in [-0.39, 0.29) is 25.7 Å². The maximum absolute atomic E-state index is 12.3. The minimum absolute atomic E-state index is 0.0442. The van der Waals surface area contributed by atoms with Crippen molar-refractivity contribution in [3.05, 3.63) is 24.3 Å². The molecule has 3 rings (SSSR count). The van der Waals surface area contributed by atoms with Gasteiger partial charge in [0.2, 0.25) is 0 Å². The first-order chi connectivity index (χ1) is 13.9. The molecular weight excluding hydrogens is 378 g/mol. The first-order valence-corrected chi connectivity index (χ1v) is 9.62. The number of hydrogen-bond donors (Lipinski definition) is 2. The number of benzene rings is 1. The molecule has 0 radical (unpaired) electrons. The number of amides is 5. The molecule has 10 nitrogen and oxygen atoms in total. The number of morpholine rings is 1. The second-order valence-electron chi connectivity index (χ2n) is 7.05. The fourth-order valence-corrected chi connectivity index (χ4v) is 3.35. The number of quaternary nitrogens is 1. The molecule has 1 aromatic carbocycles. The zero-order chi connectivity index (χ0) is 21.0. The summed E-state index contributed by atoms with van der Waals surface area (Å²) >= 11 is 0. The number of carbonyl (C=O) groups excluding carboxylic acids is 4. The second kappa shape index (κ2) is 9.01. The fourth-order valence-electron chi connectivity index (χ4n) is 3.35. The largest absolute Gasteiger partial charge is 0.378 e. The van der Waals surface area contributed by atoms with E-state index < -0.39 is 17.8 Å². The molecule has 2 fully saturated rings. The van der Waals surface area contributed by atoms with Crippen molar-refractivity contribution in [3.63, 3.8) is 0 Å². The number of rotatable bonds is 7. The van der Waals surface area contributed by atoms with Crippen molar-refractivity contribution in [1.82, 2.24) is 9.80 Å². The van der Waals surface area contributed by atoms with E-state index in [1.54, 1.807) is 14.0 Å². The number of nitrogens with one attached hydrogen (secondary N) is 2.